The molecule has 0 fully saturated rings. The lowest BCUT2D eigenvalue weighted by Gasteiger charge is -2.23. The van der Waals surface area contributed by atoms with E-state index in [4.69, 9.17) is 26.8 Å². The molecular weight excluding hydrogens is 296 g/mol. The van der Waals surface area contributed by atoms with Crippen LogP contribution in [0.1, 0.15) is 43.7 Å². The van der Waals surface area contributed by atoms with E-state index in [9.17, 15) is 9.59 Å². The lowest BCUT2D eigenvalue weighted by atomic mass is 9.86. The van der Waals surface area contributed by atoms with Crippen LogP contribution in [0.3, 0.4) is 0 Å². The number of amides is 1. The summed E-state index contributed by atoms with van der Waals surface area (Å²) < 4.78 is 10.0. The topological polar surface area (TPSA) is 91.5 Å². The summed E-state index contributed by atoms with van der Waals surface area (Å²) in [6, 6.07) is 1.55. The van der Waals surface area contributed by atoms with E-state index in [1.165, 1.54) is 7.11 Å². The standard InChI is InChI=1S/C14H19ClN2O4/c1-7(20-5)11(18)10-12(21-13(16)19)8(14(2,3)4)6-9(15)17-10/h6-7H,1-5H3,(H2,16,19). The first-order valence-corrected chi connectivity index (χ1v) is 6.71. The van der Waals surface area contributed by atoms with Gasteiger partial charge in [0.15, 0.2) is 11.4 Å². The number of Topliss-reactive ketones (excluding diaryl/α,β-unsaturated/α-hetero) is 1. The molecule has 1 aromatic rings. The molecule has 21 heavy (non-hydrogen) atoms. The molecule has 0 radical (unpaired) electrons. The van der Waals surface area contributed by atoms with Gasteiger partial charge in [0, 0.05) is 12.7 Å². The lowest BCUT2D eigenvalue weighted by molar-refractivity contribution is 0.0647. The molecule has 0 aromatic carbocycles. The molecular formula is C14H19ClN2O4. The number of carbonyl (C=O) groups excluding carboxylic acids is 2. The van der Waals surface area contributed by atoms with Crippen LogP contribution in [0.15, 0.2) is 6.07 Å². The number of aromatic nitrogens is 1. The van der Waals surface area contributed by atoms with Crippen LogP contribution in [0.4, 0.5) is 4.79 Å². The maximum Gasteiger partial charge on any atom is 0.410 e. The van der Waals surface area contributed by atoms with Crippen molar-refractivity contribution in [1.29, 1.82) is 0 Å². The minimum absolute atomic E-state index is 0.0216. The molecule has 1 unspecified atom stereocenters. The number of nitrogens with zero attached hydrogens (tertiary/aromatic N) is 1. The second-order valence-electron chi connectivity index (χ2n) is 5.58. The predicted octanol–water partition coefficient (Wildman–Crippen LogP) is 2.71. The van der Waals surface area contributed by atoms with E-state index in [0.717, 1.165) is 0 Å². The number of primary amides is 1. The maximum absolute atomic E-state index is 12.3. The molecule has 1 atom stereocenters. The second-order valence-corrected chi connectivity index (χ2v) is 5.97. The fourth-order valence-electron chi connectivity index (χ4n) is 1.73. The van der Waals surface area contributed by atoms with Gasteiger partial charge in [0.2, 0.25) is 5.78 Å². The van der Waals surface area contributed by atoms with Crippen molar-refractivity contribution in [2.24, 2.45) is 5.73 Å². The zero-order valence-electron chi connectivity index (χ0n) is 12.7. The third-order valence-electron chi connectivity index (χ3n) is 2.91. The number of carbonyl (C=O) groups is 2. The van der Waals surface area contributed by atoms with E-state index in [-0.39, 0.29) is 16.6 Å². The second kappa shape index (κ2) is 6.41. The highest BCUT2D eigenvalue weighted by molar-refractivity contribution is 6.29. The Balaban J connectivity index is 3.58. The van der Waals surface area contributed by atoms with Gasteiger partial charge in [-0.25, -0.2) is 9.78 Å². The van der Waals surface area contributed by atoms with Crippen molar-refractivity contribution in [1.82, 2.24) is 4.98 Å². The van der Waals surface area contributed by atoms with Gasteiger partial charge in [-0.1, -0.05) is 32.4 Å². The van der Waals surface area contributed by atoms with E-state index >= 15 is 0 Å². The Morgan fingerprint density at radius 2 is 1.95 bits per heavy atom. The van der Waals surface area contributed by atoms with E-state index in [2.05, 4.69) is 4.98 Å². The summed E-state index contributed by atoms with van der Waals surface area (Å²) in [6.45, 7) is 7.23. The summed E-state index contributed by atoms with van der Waals surface area (Å²) in [5.41, 5.74) is 5.15. The number of methoxy groups -OCH3 is 1. The molecule has 0 aliphatic rings. The molecule has 1 rings (SSSR count). The first-order valence-electron chi connectivity index (χ1n) is 6.33. The Bertz CT molecular complexity index is 567. The third kappa shape index (κ3) is 4.15. The summed E-state index contributed by atoms with van der Waals surface area (Å²) in [4.78, 5) is 27.4. The van der Waals surface area contributed by atoms with Gasteiger partial charge in [-0.15, -0.1) is 0 Å². The quantitative estimate of drug-likeness (QED) is 0.681. The molecule has 6 nitrogen and oxygen atoms in total. The van der Waals surface area contributed by atoms with Gasteiger partial charge in [-0.05, 0) is 18.4 Å². The van der Waals surface area contributed by atoms with Gasteiger partial charge in [-0.2, -0.15) is 0 Å². The van der Waals surface area contributed by atoms with Crippen molar-refractivity contribution in [2.75, 3.05) is 7.11 Å². The largest absolute Gasteiger partial charge is 0.410 e. The monoisotopic (exact) mass is 314 g/mol. The van der Waals surface area contributed by atoms with Crippen LogP contribution in [-0.4, -0.2) is 30.1 Å². The van der Waals surface area contributed by atoms with Crippen LogP contribution in [0, 0.1) is 0 Å². The smallest absolute Gasteiger partial charge is 0.408 e. The highest BCUT2D eigenvalue weighted by Crippen LogP contribution is 2.36. The van der Waals surface area contributed by atoms with Gasteiger partial charge in [0.1, 0.15) is 11.3 Å². The van der Waals surface area contributed by atoms with Gasteiger partial charge in [0.25, 0.3) is 0 Å². The Kier molecular flexibility index (Phi) is 5.31. The number of hydrogen-bond acceptors (Lipinski definition) is 5. The van der Waals surface area contributed by atoms with Crippen molar-refractivity contribution in [3.05, 3.63) is 22.5 Å². The van der Waals surface area contributed by atoms with Crippen LogP contribution >= 0.6 is 11.6 Å². The molecule has 0 saturated heterocycles. The minimum atomic E-state index is -1.02. The number of rotatable bonds is 4. The number of halogens is 1. The SMILES string of the molecule is COC(C)C(=O)c1nc(Cl)cc(C(C)(C)C)c1OC(N)=O. The summed E-state index contributed by atoms with van der Waals surface area (Å²) in [5.74, 6) is -0.421. The van der Waals surface area contributed by atoms with E-state index in [0.29, 0.717) is 5.56 Å². The molecule has 0 aliphatic carbocycles. The highest BCUT2D eigenvalue weighted by Gasteiger charge is 2.29. The van der Waals surface area contributed by atoms with Crippen LogP contribution in [0.2, 0.25) is 5.15 Å². The maximum atomic E-state index is 12.3. The van der Waals surface area contributed by atoms with Crippen molar-refractivity contribution >= 4 is 23.5 Å². The Morgan fingerprint density at radius 3 is 2.38 bits per heavy atom. The number of nitrogens with two attached hydrogens (primary N) is 1. The first kappa shape index (κ1) is 17.4. The highest BCUT2D eigenvalue weighted by atomic mass is 35.5. The summed E-state index contributed by atoms with van der Waals surface area (Å²) in [6.07, 6.45) is -1.78. The van der Waals surface area contributed by atoms with E-state index in [1.807, 2.05) is 20.8 Å². The molecule has 1 amide bonds. The summed E-state index contributed by atoms with van der Waals surface area (Å²) in [5, 5.41) is 0.128. The Hall–Kier alpha value is -1.66. The predicted molar refractivity (Wildman–Crippen MR) is 79.0 cm³/mol. The van der Waals surface area contributed by atoms with Crippen molar-refractivity contribution in [3.8, 4) is 5.75 Å². The first-order chi connectivity index (χ1) is 9.57. The Labute approximate surface area is 128 Å². The molecule has 0 spiro atoms. The molecule has 1 heterocycles. The van der Waals surface area contributed by atoms with Gasteiger partial charge in [-0.3, -0.25) is 4.79 Å². The van der Waals surface area contributed by atoms with Gasteiger partial charge >= 0.3 is 6.09 Å². The van der Waals surface area contributed by atoms with E-state index in [1.54, 1.807) is 13.0 Å². The summed E-state index contributed by atoms with van der Waals surface area (Å²) in [7, 11) is 1.40. The normalized spacial score (nSPS) is 12.9. The van der Waals surface area contributed by atoms with Gasteiger partial charge in [0.05, 0.1) is 0 Å². The molecule has 1 aromatic heterocycles. The number of ketones is 1. The zero-order chi connectivity index (χ0) is 16.4. The molecule has 0 saturated carbocycles. The lowest BCUT2D eigenvalue weighted by Crippen LogP contribution is -2.26. The summed E-state index contributed by atoms with van der Waals surface area (Å²) >= 11 is 5.98. The minimum Gasteiger partial charge on any atom is -0.408 e. The molecule has 0 bridgehead atoms. The zero-order valence-corrected chi connectivity index (χ0v) is 13.4. The van der Waals surface area contributed by atoms with E-state index < -0.39 is 23.4 Å². The van der Waals surface area contributed by atoms with Crippen molar-refractivity contribution in [3.63, 3.8) is 0 Å². The number of hydrogen-bond donors (Lipinski definition) is 1. The average molecular weight is 315 g/mol. The van der Waals surface area contributed by atoms with Crippen LogP contribution in [0.25, 0.3) is 0 Å². The van der Waals surface area contributed by atoms with Crippen LogP contribution in [0.5, 0.6) is 5.75 Å². The third-order valence-corrected chi connectivity index (χ3v) is 3.10. The molecule has 7 heteroatoms. The van der Waals surface area contributed by atoms with Gasteiger partial charge < -0.3 is 15.2 Å². The molecule has 0 aliphatic heterocycles. The van der Waals surface area contributed by atoms with Crippen molar-refractivity contribution < 1.29 is 19.1 Å². The van der Waals surface area contributed by atoms with Crippen molar-refractivity contribution in [2.45, 2.75) is 39.2 Å². The fraction of sp³-hybridized carbons (Fsp3) is 0.500. The number of ether oxygens (including phenoxy) is 2. The van der Waals surface area contributed by atoms with Crippen LogP contribution < -0.4 is 10.5 Å². The van der Waals surface area contributed by atoms with Crippen LogP contribution in [-0.2, 0) is 10.2 Å². The Morgan fingerprint density at radius 1 is 1.38 bits per heavy atom. The average Bonchev–Trinajstić information content (AvgIpc) is 2.36. The molecule has 116 valence electrons. The fourth-order valence-corrected chi connectivity index (χ4v) is 1.92. The molecule has 2 N–H and O–H groups in total. The number of pyridine rings is 1.